The van der Waals surface area contributed by atoms with E-state index in [1.807, 2.05) is 66.7 Å². The molecule has 1 aromatic heterocycles. The molecule has 0 unspecified atom stereocenters. The first-order valence-electron chi connectivity index (χ1n) is 6.91. The third-order valence-corrected chi connectivity index (χ3v) is 3.47. The predicted octanol–water partition coefficient (Wildman–Crippen LogP) is 5.18. The van der Waals surface area contributed by atoms with Crippen molar-refractivity contribution in [1.82, 2.24) is 4.98 Å². The van der Waals surface area contributed by atoms with Gasteiger partial charge in [0.25, 0.3) is 0 Å². The van der Waals surface area contributed by atoms with Crippen molar-refractivity contribution in [3.8, 4) is 11.5 Å². The molecule has 0 fully saturated rings. The number of fused-ring (bicyclic) bond motifs is 2. The highest BCUT2D eigenvalue weighted by Gasteiger charge is 2.02. The zero-order valence-corrected chi connectivity index (χ0v) is 11.4. The maximum absolute atomic E-state index is 5.86. The molecule has 0 aliphatic carbocycles. The van der Waals surface area contributed by atoms with E-state index in [1.54, 1.807) is 0 Å². The fraction of sp³-hybridized carbons (Fsp3) is 0. The minimum absolute atomic E-state index is 0.802. The van der Waals surface area contributed by atoms with Gasteiger partial charge in [-0.2, -0.15) is 0 Å². The van der Waals surface area contributed by atoms with Gasteiger partial charge in [0.2, 0.25) is 0 Å². The van der Waals surface area contributed by atoms with Gasteiger partial charge in [0.05, 0.1) is 11.0 Å². The maximum Gasteiger partial charge on any atom is 0.129 e. The Morgan fingerprint density at radius 3 is 2.24 bits per heavy atom. The van der Waals surface area contributed by atoms with Gasteiger partial charge in [-0.25, -0.2) is 4.98 Å². The van der Waals surface area contributed by atoms with Crippen molar-refractivity contribution in [2.24, 2.45) is 0 Å². The van der Waals surface area contributed by atoms with Gasteiger partial charge in [0, 0.05) is 16.8 Å². The molecule has 21 heavy (non-hydrogen) atoms. The lowest BCUT2D eigenvalue weighted by Crippen LogP contribution is -1.86. The van der Waals surface area contributed by atoms with E-state index in [0.717, 1.165) is 33.3 Å². The Morgan fingerprint density at radius 1 is 0.571 bits per heavy atom. The minimum Gasteiger partial charge on any atom is -0.457 e. The molecule has 2 nitrogen and oxygen atoms in total. The van der Waals surface area contributed by atoms with Crippen LogP contribution in [0.25, 0.3) is 21.8 Å². The van der Waals surface area contributed by atoms with Crippen molar-refractivity contribution in [3.05, 3.63) is 78.9 Å². The summed E-state index contributed by atoms with van der Waals surface area (Å²) in [6, 6.07) is 26.1. The summed E-state index contributed by atoms with van der Waals surface area (Å²) in [5, 5.41) is 2.27. The summed E-state index contributed by atoms with van der Waals surface area (Å²) in [7, 11) is 0. The zero-order valence-electron chi connectivity index (χ0n) is 11.4. The van der Waals surface area contributed by atoms with Gasteiger partial charge in [0.15, 0.2) is 0 Å². The van der Waals surface area contributed by atoms with Gasteiger partial charge >= 0.3 is 0 Å². The minimum atomic E-state index is 0.802. The van der Waals surface area contributed by atoms with Gasteiger partial charge in [0.1, 0.15) is 11.5 Å². The molecule has 0 N–H and O–H groups in total. The molecule has 3 aromatic carbocycles. The number of ether oxygens (including phenoxy) is 1. The van der Waals surface area contributed by atoms with Crippen LogP contribution in [0.4, 0.5) is 0 Å². The van der Waals surface area contributed by atoms with Crippen LogP contribution < -0.4 is 4.74 Å². The van der Waals surface area contributed by atoms with Crippen LogP contribution in [0.2, 0.25) is 0 Å². The average molecular weight is 271 g/mol. The van der Waals surface area contributed by atoms with E-state index < -0.39 is 0 Å². The highest BCUT2D eigenvalue weighted by atomic mass is 16.5. The van der Waals surface area contributed by atoms with Gasteiger partial charge in [-0.3, -0.25) is 0 Å². The summed E-state index contributed by atoms with van der Waals surface area (Å²) in [6.45, 7) is 0. The lowest BCUT2D eigenvalue weighted by molar-refractivity contribution is 0.483. The highest BCUT2D eigenvalue weighted by molar-refractivity contribution is 5.93. The lowest BCUT2D eigenvalue weighted by atomic mass is 10.1. The number of benzene rings is 3. The quantitative estimate of drug-likeness (QED) is 0.469. The average Bonchev–Trinajstić information content (AvgIpc) is 2.54. The van der Waals surface area contributed by atoms with Crippen LogP contribution in [0.15, 0.2) is 78.9 Å². The molecule has 0 saturated heterocycles. The molecule has 4 rings (SSSR count). The first-order valence-corrected chi connectivity index (χ1v) is 6.91. The summed E-state index contributed by atoms with van der Waals surface area (Å²) in [5.41, 5.74) is 1.95. The molecule has 0 radical (unpaired) electrons. The molecule has 0 bridgehead atoms. The van der Waals surface area contributed by atoms with Gasteiger partial charge in [-0.1, -0.05) is 36.4 Å². The van der Waals surface area contributed by atoms with E-state index in [1.165, 1.54) is 0 Å². The smallest absolute Gasteiger partial charge is 0.129 e. The number of nitrogens with zero attached hydrogens (tertiary/aromatic N) is 1. The fourth-order valence-electron chi connectivity index (χ4n) is 2.44. The Kier molecular flexibility index (Phi) is 2.79. The van der Waals surface area contributed by atoms with Gasteiger partial charge in [-0.15, -0.1) is 0 Å². The monoisotopic (exact) mass is 271 g/mol. The SMILES string of the molecule is c1ccc(Oc2ccc3cc4ccccc4nc3c2)cc1. The molecule has 1 heterocycles. The van der Waals surface area contributed by atoms with Crippen LogP contribution in [0.3, 0.4) is 0 Å². The molecule has 0 aliphatic heterocycles. The number of aromatic nitrogens is 1. The number of para-hydroxylation sites is 2. The van der Waals surface area contributed by atoms with Crippen molar-refractivity contribution in [1.29, 1.82) is 0 Å². The Hall–Kier alpha value is -2.87. The van der Waals surface area contributed by atoms with Gasteiger partial charge < -0.3 is 4.74 Å². The van der Waals surface area contributed by atoms with Crippen molar-refractivity contribution in [2.75, 3.05) is 0 Å². The Morgan fingerprint density at radius 2 is 1.33 bits per heavy atom. The summed E-state index contributed by atoms with van der Waals surface area (Å²) in [5.74, 6) is 1.63. The van der Waals surface area contributed by atoms with E-state index in [4.69, 9.17) is 9.72 Å². The molecular weight excluding hydrogens is 258 g/mol. The molecule has 2 heteroatoms. The molecule has 0 amide bonds. The van der Waals surface area contributed by atoms with Crippen molar-refractivity contribution >= 4 is 21.8 Å². The van der Waals surface area contributed by atoms with E-state index in [0.29, 0.717) is 0 Å². The lowest BCUT2D eigenvalue weighted by Gasteiger charge is -2.07. The number of rotatable bonds is 2. The fourth-order valence-corrected chi connectivity index (χ4v) is 2.44. The topological polar surface area (TPSA) is 22.1 Å². The second kappa shape index (κ2) is 4.91. The number of pyridine rings is 1. The van der Waals surface area contributed by atoms with E-state index in [-0.39, 0.29) is 0 Å². The van der Waals surface area contributed by atoms with Crippen molar-refractivity contribution < 1.29 is 4.74 Å². The Balaban J connectivity index is 1.80. The second-order valence-corrected chi connectivity index (χ2v) is 4.95. The van der Waals surface area contributed by atoms with E-state index in [2.05, 4.69) is 12.1 Å². The molecule has 4 aromatic rings. The molecule has 0 saturated carbocycles. The third kappa shape index (κ3) is 2.32. The summed E-state index contributed by atoms with van der Waals surface area (Å²) in [6.07, 6.45) is 0. The number of hydrogen-bond acceptors (Lipinski definition) is 2. The Bertz CT molecular complexity index is 916. The molecule has 0 aliphatic rings. The van der Waals surface area contributed by atoms with Crippen LogP contribution in [-0.4, -0.2) is 4.98 Å². The van der Waals surface area contributed by atoms with Crippen LogP contribution >= 0.6 is 0 Å². The molecule has 0 spiro atoms. The first-order chi connectivity index (χ1) is 10.4. The zero-order chi connectivity index (χ0) is 14.1. The van der Waals surface area contributed by atoms with Crippen LogP contribution in [-0.2, 0) is 0 Å². The van der Waals surface area contributed by atoms with E-state index >= 15 is 0 Å². The Labute approximate surface area is 122 Å². The summed E-state index contributed by atoms with van der Waals surface area (Å²) >= 11 is 0. The van der Waals surface area contributed by atoms with Crippen LogP contribution in [0.1, 0.15) is 0 Å². The predicted molar refractivity (Wildman–Crippen MR) is 85.8 cm³/mol. The second-order valence-electron chi connectivity index (χ2n) is 4.95. The highest BCUT2D eigenvalue weighted by Crippen LogP contribution is 2.26. The van der Waals surface area contributed by atoms with Crippen LogP contribution in [0, 0.1) is 0 Å². The largest absolute Gasteiger partial charge is 0.457 e. The third-order valence-electron chi connectivity index (χ3n) is 3.47. The maximum atomic E-state index is 5.86. The summed E-state index contributed by atoms with van der Waals surface area (Å²) in [4.78, 5) is 4.70. The van der Waals surface area contributed by atoms with E-state index in [9.17, 15) is 0 Å². The van der Waals surface area contributed by atoms with Crippen LogP contribution in [0.5, 0.6) is 11.5 Å². The normalized spacial score (nSPS) is 10.9. The van der Waals surface area contributed by atoms with Crippen molar-refractivity contribution in [3.63, 3.8) is 0 Å². The first kappa shape index (κ1) is 11.9. The van der Waals surface area contributed by atoms with Gasteiger partial charge in [-0.05, 0) is 36.4 Å². The molecule has 100 valence electrons. The van der Waals surface area contributed by atoms with Crippen molar-refractivity contribution in [2.45, 2.75) is 0 Å². The molecule has 0 atom stereocenters. The summed E-state index contributed by atoms with van der Waals surface area (Å²) < 4.78 is 5.86. The standard InChI is InChI=1S/C19H13NO/c1-2-7-16(8-3-1)21-17-11-10-15-12-14-6-4-5-9-18(14)20-19(15)13-17/h1-13H. The number of hydrogen-bond donors (Lipinski definition) is 0. The molecular formula is C19H13NO.